The van der Waals surface area contributed by atoms with Crippen molar-refractivity contribution in [2.75, 3.05) is 5.32 Å². The molecule has 1 heterocycles. The highest BCUT2D eigenvalue weighted by Crippen LogP contribution is 2.30. The van der Waals surface area contributed by atoms with Gasteiger partial charge in [-0.2, -0.15) is 0 Å². The van der Waals surface area contributed by atoms with Crippen LogP contribution in [0.1, 0.15) is 49.0 Å². The summed E-state index contributed by atoms with van der Waals surface area (Å²) in [4.78, 5) is 4.58. The molecule has 0 fully saturated rings. The van der Waals surface area contributed by atoms with E-state index in [9.17, 15) is 0 Å². The molecule has 0 amide bonds. The van der Waals surface area contributed by atoms with Crippen LogP contribution in [-0.2, 0) is 12.8 Å². The van der Waals surface area contributed by atoms with Gasteiger partial charge in [-0.25, -0.2) is 0 Å². The summed E-state index contributed by atoms with van der Waals surface area (Å²) in [7, 11) is 0. The predicted molar refractivity (Wildman–Crippen MR) is 84.0 cm³/mol. The fourth-order valence-electron chi connectivity index (χ4n) is 3.01. The van der Waals surface area contributed by atoms with E-state index in [1.807, 2.05) is 12.3 Å². The van der Waals surface area contributed by atoms with Crippen LogP contribution in [0.25, 0.3) is 0 Å². The SMILES string of the molecule is CCCc1ccc(NC2CCCc3cccnc32)cc1. The predicted octanol–water partition coefficient (Wildman–Crippen LogP) is 4.52. The molecule has 2 aromatic rings. The summed E-state index contributed by atoms with van der Waals surface area (Å²) in [5.41, 5.74) is 5.25. The van der Waals surface area contributed by atoms with Crippen molar-refractivity contribution >= 4 is 5.69 Å². The number of nitrogens with zero attached hydrogens (tertiary/aromatic N) is 1. The van der Waals surface area contributed by atoms with Crippen molar-refractivity contribution in [1.29, 1.82) is 0 Å². The molecule has 0 aliphatic heterocycles. The van der Waals surface area contributed by atoms with Gasteiger partial charge in [0.2, 0.25) is 0 Å². The van der Waals surface area contributed by atoms with E-state index in [0.717, 1.165) is 12.8 Å². The van der Waals surface area contributed by atoms with E-state index in [1.54, 1.807) is 0 Å². The van der Waals surface area contributed by atoms with Crippen molar-refractivity contribution in [2.45, 2.75) is 45.1 Å². The molecule has 1 aromatic carbocycles. The highest BCUT2D eigenvalue weighted by molar-refractivity contribution is 5.47. The summed E-state index contributed by atoms with van der Waals surface area (Å²) in [5.74, 6) is 0. The minimum Gasteiger partial charge on any atom is -0.377 e. The lowest BCUT2D eigenvalue weighted by molar-refractivity contribution is 0.583. The van der Waals surface area contributed by atoms with Crippen molar-refractivity contribution in [3.8, 4) is 0 Å². The van der Waals surface area contributed by atoms with Gasteiger partial charge >= 0.3 is 0 Å². The van der Waals surface area contributed by atoms with Crippen LogP contribution in [0, 0.1) is 0 Å². The van der Waals surface area contributed by atoms with Crippen LogP contribution >= 0.6 is 0 Å². The third-order valence-corrected chi connectivity index (χ3v) is 4.03. The summed E-state index contributed by atoms with van der Waals surface area (Å²) in [6.45, 7) is 2.22. The summed E-state index contributed by atoms with van der Waals surface area (Å²) in [6, 6.07) is 13.5. The zero-order valence-corrected chi connectivity index (χ0v) is 12.1. The highest BCUT2D eigenvalue weighted by Gasteiger charge is 2.20. The fraction of sp³-hybridized carbons (Fsp3) is 0.389. The van der Waals surface area contributed by atoms with Gasteiger partial charge in [0.25, 0.3) is 0 Å². The molecule has 20 heavy (non-hydrogen) atoms. The average Bonchev–Trinajstić information content (AvgIpc) is 2.50. The van der Waals surface area contributed by atoms with Crippen molar-refractivity contribution in [2.24, 2.45) is 0 Å². The average molecular weight is 266 g/mol. The van der Waals surface area contributed by atoms with Gasteiger partial charge in [-0.1, -0.05) is 31.5 Å². The molecule has 1 N–H and O–H groups in total. The molecular formula is C18H22N2. The Hall–Kier alpha value is -1.83. The van der Waals surface area contributed by atoms with E-state index in [1.165, 1.54) is 41.8 Å². The van der Waals surface area contributed by atoms with Gasteiger partial charge in [0.05, 0.1) is 11.7 Å². The fourth-order valence-corrected chi connectivity index (χ4v) is 3.01. The number of hydrogen-bond acceptors (Lipinski definition) is 2. The highest BCUT2D eigenvalue weighted by atomic mass is 14.9. The topological polar surface area (TPSA) is 24.9 Å². The number of benzene rings is 1. The molecule has 1 aromatic heterocycles. The number of nitrogens with one attached hydrogen (secondary N) is 1. The van der Waals surface area contributed by atoms with Crippen LogP contribution in [0.2, 0.25) is 0 Å². The number of hydrogen-bond donors (Lipinski definition) is 1. The third-order valence-electron chi connectivity index (χ3n) is 4.03. The second kappa shape index (κ2) is 6.08. The maximum Gasteiger partial charge on any atom is 0.0688 e. The van der Waals surface area contributed by atoms with Gasteiger partial charge < -0.3 is 5.32 Å². The molecule has 1 atom stereocenters. The zero-order valence-electron chi connectivity index (χ0n) is 12.1. The first-order valence-electron chi connectivity index (χ1n) is 7.66. The summed E-state index contributed by atoms with van der Waals surface area (Å²) in [5, 5.41) is 3.64. The molecule has 1 unspecified atom stereocenters. The maximum absolute atomic E-state index is 4.58. The second-order valence-corrected chi connectivity index (χ2v) is 5.58. The minimum atomic E-state index is 0.358. The van der Waals surface area contributed by atoms with Crippen molar-refractivity contribution in [1.82, 2.24) is 4.98 Å². The van der Waals surface area contributed by atoms with Gasteiger partial charge in [0, 0.05) is 11.9 Å². The number of pyridine rings is 1. The summed E-state index contributed by atoms with van der Waals surface area (Å²) >= 11 is 0. The summed E-state index contributed by atoms with van der Waals surface area (Å²) < 4.78 is 0. The molecule has 104 valence electrons. The molecule has 2 heteroatoms. The standard InChI is InChI=1S/C18H22N2/c1-2-5-14-9-11-16(12-10-14)20-17-8-3-6-15-7-4-13-19-18(15)17/h4,7,9-13,17,20H,2-3,5-6,8H2,1H3. The molecule has 0 spiro atoms. The lowest BCUT2D eigenvalue weighted by Crippen LogP contribution is -2.18. The maximum atomic E-state index is 4.58. The molecule has 0 bridgehead atoms. The van der Waals surface area contributed by atoms with Crippen LogP contribution in [0.3, 0.4) is 0 Å². The lowest BCUT2D eigenvalue weighted by atomic mass is 9.91. The second-order valence-electron chi connectivity index (χ2n) is 5.58. The number of fused-ring (bicyclic) bond motifs is 1. The van der Waals surface area contributed by atoms with E-state index in [4.69, 9.17) is 0 Å². The van der Waals surface area contributed by atoms with E-state index < -0.39 is 0 Å². The Kier molecular flexibility index (Phi) is 4.00. The van der Waals surface area contributed by atoms with E-state index >= 15 is 0 Å². The van der Waals surface area contributed by atoms with Crippen molar-refractivity contribution in [3.05, 3.63) is 59.4 Å². The van der Waals surface area contributed by atoms with Crippen molar-refractivity contribution < 1.29 is 0 Å². The van der Waals surface area contributed by atoms with Crippen LogP contribution in [-0.4, -0.2) is 4.98 Å². The van der Waals surface area contributed by atoms with E-state index in [2.05, 4.69) is 47.6 Å². The molecule has 0 saturated heterocycles. The number of rotatable bonds is 4. The first-order chi connectivity index (χ1) is 9.86. The van der Waals surface area contributed by atoms with Crippen LogP contribution in [0.5, 0.6) is 0 Å². The molecule has 1 aliphatic carbocycles. The molecule has 3 rings (SSSR count). The quantitative estimate of drug-likeness (QED) is 0.879. The van der Waals surface area contributed by atoms with Gasteiger partial charge in [-0.3, -0.25) is 4.98 Å². The zero-order chi connectivity index (χ0) is 13.8. The van der Waals surface area contributed by atoms with E-state index in [-0.39, 0.29) is 0 Å². The molecule has 0 saturated carbocycles. The van der Waals surface area contributed by atoms with Gasteiger partial charge in [-0.15, -0.1) is 0 Å². The third kappa shape index (κ3) is 2.84. The first kappa shape index (κ1) is 13.2. The van der Waals surface area contributed by atoms with Crippen LogP contribution < -0.4 is 5.32 Å². The molecular weight excluding hydrogens is 244 g/mol. The largest absolute Gasteiger partial charge is 0.377 e. The van der Waals surface area contributed by atoms with Crippen molar-refractivity contribution in [3.63, 3.8) is 0 Å². The Bertz CT molecular complexity index is 560. The Morgan fingerprint density at radius 1 is 1.20 bits per heavy atom. The molecule has 0 radical (unpaired) electrons. The molecule has 2 nitrogen and oxygen atoms in total. The van der Waals surface area contributed by atoms with Crippen LogP contribution in [0.15, 0.2) is 42.6 Å². The number of aryl methyl sites for hydroxylation is 2. The normalized spacial score (nSPS) is 17.6. The van der Waals surface area contributed by atoms with E-state index in [0.29, 0.717) is 6.04 Å². The molecule has 1 aliphatic rings. The number of aromatic nitrogens is 1. The minimum absolute atomic E-state index is 0.358. The Labute approximate surface area is 121 Å². The van der Waals surface area contributed by atoms with Gasteiger partial charge in [0.1, 0.15) is 0 Å². The first-order valence-corrected chi connectivity index (χ1v) is 7.66. The lowest BCUT2D eigenvalue weighted by Gasteiger charge is -2.26. The Balaban J connectivity index is 1.75. The number of anilines is 1. The smallest absolute Gasteiger partial charge is 0.0688 e. The van der Waals surface area contributed by atoms with Crippen LogP contribution in [0.4, 0.5) is 5.69 Å². The summed E-state index contributed by atoms with van der Waals surface area (Å²) in [6.07, 6.45) is 7.84. The van der Waals surface area contributed by atoms with Gasteiger partial charge in [-0.05, 0) is 55.0 Å². The monoisotopic (exact) mass is 266 g/mol. The van der Waals surface area contributed by atoms with Gasteiger partial charge in [0.15, 0.2) is 0 Å². The Morgan fingerprint density at radius 3 is 2.85 bits per heavy atom. The Morgan fingerprint density at radius 2 is 2.05 bits per heavy atom.